The van der Waals surface area contributed by atoms with Crippen molar-refractivity contribution in [1.82, 2.24) is 0 Å². The molecule has 0 aliphatic heterocycles. The molecule has 2 rings (SSSR count). The van der Waals surface area contributed by atoms with Crippen LogP contribution >= 0.6 is 15.9 Å². The number of allylic oxidation sites excluding steroid dienone is 1. The molecule has 0 amide bonds. The highest BCUT2D eigenvalue weighted by Gasteiger charge is 2.12. The van der Waals surface area contributed by atoms with Crippen molar-refractivity contribution in [2.24, 2.45) is 0 Å². The quantitative estimate of drug-likeness (QED) is 0.653. The zero-order valence-electron chi connectivity index (χ0n) is 10.8. The van der Waals surface area contributed by atoms with Crippen LogP contribution in [0.3, 0.4) is 0 Å². The summed E-state index contributed by atoms with van der Waals surface area (Å²) in [6.07, 6.45) is 3.00. The molecule has 0 bridgehead atoms. The molecule has 0 unspecified atom stereocenters. The zero-order chi connectivity index (χ0) is 15.4. The first-order valence-corrected chi connectivity index (χ1v) is 6.81. The third-order valence-corrected chi connectivity index (χ3v) is 3.28. The van der Waals surface area contributed by atoms with E-state index < -0.39 is 5.97 Å². The molecule has 0 fully saturated rings. The van der Waals surface area contributed by atoms with E-state index in [2.05, 4.69) is 15.9 Å². The largest absolute Gasteiger partial charge is 0.507 e. The molecule has 4 nitrogen and oxygen atoms in total. The lowest BCUT2D eigenvalue weighted by Crippen LogP contribution is -2.01. The summed E-state index contributed by atoms with van der Waals surface area (Å²) in [4.78, 5) is 22.9. The molecule has 0 spiro atoms. The molecule has 106 valence electrons. The maximum absolute atomic E-state index is 12.0. The van der Waals surface area contributed by atoms with Crippen molar-refractivity contribution in [2.45, 2.75) is 0 Å². The van der Waals surface area contributed by atoms with Gasteiger partial charge in [0.15, 0.2) is 5.78 Å². The van der Waals surface area contributed by atoms with Gasteiger partial charge < -0.3 is 10.2 Å². The predicted octanol–water partition coefficient (Wildman–Crippen LogP) is 3.75. The lowest BCUT2D eigenvalue weighted by molar-refractivity contribution is 0.0693. The molecule has 2 aromatic carbocycles. The van der Waals surface area contributed by atoms with Gasteiger partial charge in [0.25, 0.3) is 0 Å². The number of aromatic carboxylic acids is 1. The van der Waals surface area contributed by atoms with Crippen LogP contribution in [0.25, 0.3) is 6.08 Å². The number of carbonyl (C=O) groups excluding carboxylic acids is 1. The maximum Gasteiger partial charge on any atom is 0.339 e. The van der Waals surface area contributed by atoms with Crippen LogP contribution in [0.5, 0.6) is 5.75 Å². The normalized spacial score (nSPS) is 10.7. The summed E-state index contributed by atoms with van der Waals surface area (Å²) in [5.74, 6) is -1.98. The van der Waals surface area contributed by atoms with E-state index in [9.17, 15) is 14.7 Å². The van der Waals surface area contributed by atoms with Gasteiger partial charge in [-0.2, -0.15) is 0 Å². The van der Waals surface area contributed by atoms with Gasteiger partial charge in [-0.3, -0.25) is 4.79 Å². The van der Waals surface area contributed by atoms with Gasteiger partial charge in [-0.15, -0.1) is 0 Å². The van der Waals surface area contributed by atoms with Gasteiger partial charge in [0.2, 0.25) is 0 Å². The van der Waals surface area contributed by atoms with E-state index in [1.54, 1.807) is 6.08 Å². The second-order valence-corrected chi connectivity index (χ2v) is 5.21. The van der Waals surface area contributed by atoms with Crippen LogP contribution in [0.1, 0.15) is 26.3 Å². The number of carboxylic acids is 1. The van der Waals surface area contributed by atoms with E-state index in [0.717, 1.165) is 16.1 Å². The van der Waals surface area contributed by atoms with E-state index >= 15 is 0 Å². The molecule has 0 atom stereocenters. The van der Waals surface area contributed by atoms with Crippen molar-refractivity contribution < 1.29 is 19.8 Å². The maximum atomic E-state index is 12.0. The van der Waals surface area contributed by atoms with Crippen molar-refractivity contribution in [3.63, 3.8) is 0 Å². The predicted molar refractivity (Wildman–Crippen MR) is 82.6 cm³/mol. The first-order chi connectivity index (χ1) is 9.97. The fourth-order valence-electron chi connectivity index (χ4n) is 1.74. The molecule has 0 saturated heterocycles. The minimum absolute atomic E-state index is 0.205. The Balaban J connectivity index is 2.25. The average molecular weight is 347 g/mol. The molecule has 2 N–H and O–H groups in total. The molecule has 5 heteroatoms. The number of halogens is 1. The summed E-state index contributed by atoms with van der Waals surface area (Å²) in [5, 5.41) is 18.3. The SMILES string of the molecule is O=C(/C=C/c1cccc(Br)c1)c1ccc(O)c(C(=O)O)c1. The number of hydrogen-bond acceptors (Lipinski definition) is 3. The van der Waals surface area contributed by atoms with E-state index in [0.29, 0.717) is 0 Å². The van der Waals surface area contributed by atoms with Gasteiger partial charge in [0.05, 0.1) is 0 Å². The fourth-order valence-corrected chi connectivity index (χ4v) is 2.16. The highest BCUT2D eigenvalue weighted by atomic mass is 79.9. The molecular formula is C16H11BrO4. The van der Waals surface area contributed by atoms with Gasteiger partial charge in [-0.25, -0.2) is 4.79 Å². The van der Waals surface area contributed by atoms with Gasteiger partial charge in [-0.1, -0.05) is 34.1 Å². The zero-order valence-corrected chi connectivity index (χ0v) is 12.4. The van der Waals surface area contributed by atoms with E-state index in [-0.39, 0.29) is 22.7 Å². The van der Waals surface area contributed by atoms with Crippen molar-refractivity contribution in [2.75, 3.05) is 0 Å². The van der Waals surface area contributed by atoms with E-state index in [4.69, 9.17) is 5.11 Å². The second kappa shape index (κ2) is 6.37. The molecule has 21 heavy (non-hydrogen) atoms. The van der Waals surface area contributed by atoms with Crippen LogP contribution in [0.15, 0.2) is 53.0 Å². The van der Waals surface area contributed by atoms with Crippen LogP contribution in [-0.4, -0.2) is 22.0 Å². The highest BCUT2D eigenvalue weighted by Crippen LogP contribution is 2.19. The lowest BCUT2D eigenvalue weighted by Gasteiger charge is -2.02. The Kier molecular flexibility index (Phi) is 4.55. The van der Waals surface area contributed by atoms with Crippen LogP contribution in [0.4, 0.5) is 0 Å². The molecular weight excluding hydrogens is 336 g/mol. The summed E-state index contributed by atoms with van der Waals surface area (Å²) < 4.78 is 0.898. The second-order valence-electron chi connectivity index (χ2n) is 4.29. The number of carbonyl (C=O) groups is 2. The summed E-state index contributed by atoms with van der Waals surface area (Å²) in [5.41, 5.74) is 0.753. The van der Waals surface area contributed by atoms with Crippen molar-refractivity contribution in [3.05, 3.63) is 69.7 Å². The number of carboxylic acid groups (broad SMARTS) is 1. The Morgan fingerprint density at radius 2 is 1.86 bits per heavy atom. The van der Waals surface area contributed by atoms with Gasteiger partial charge >= 0.3 is 5.97 Å². The Labute approximate surface area is 129 Å². The Hall–Kier alpha value is -2.40. The van der Waals surface area contributed by atoms with Gasteiger partial charge in [0, 0.05) is 10.0 Å². The van der Waals surface area contributed by atoms with Crippen LogP contribution in [0, 0.1) is 0 Å². The number of ketones is 1. The van der Waals surface area contributed by atoms with Crippen LogP contribution in [-0.2, 0) is 0 Å². The van der Waals surface area contributed by atoms with Crippen molar-refractivity contribution in [3.8, 4) is 5.75 Å². The molecule has 0 aliphatic carbocycles. The van der Waals surface area contributed by atoms with E-state index in [1.165, 1.54) is 18.2 Å². The molecule has 2 aromatic rings. The first kappa shape index (κ1) is 15.0. The summed E-state index contributed by atoms with van der Waals surface area (Å²) >= 11 is 3.34. The van der Waals surface area contributed by atoms with Crippen molar-refractivity contribution in [1.29, 1.82) is 0 Å². The minimum atomic E-state index is -1.28. The molecule has 0 aromatic heterocycles. The lowest BCUT2D eigenvalue weighted by atomic mass is 10.1. The third-order valence-electron chi connectivity index (χ3n) is 2.79. The number of hydrogen-bond donors (Lipinski definition) is 2. The molecule has 0 saturated carbocycles. The summed E-state index contributed by atoms with van der Waals surface area (Å²) in [7, 11) is 0. The molecule has 0 radical (unpaired) electrons. The number of aromatic hydroxyl groups is 1. The Morgan fingerprint density at radius 1 is 1.10 bits per heavy atom. The van der Waals surface area contributed by atoms with E-state index in [1.807, 2.05) is 24.3 Å². The monoisotopic (exact) mass is 346 g/mol. The fraction of sp³-hybridized carbons (Fsp3) is 0. The average Bonchev–Trinajstić information content (AvgIpc) is 2.45. The smallest absolute Gasteiger partial charge is 0.339 e. The first-order valence-electron chi connectivity index (χ1n) is 6.01. The highest BCUT2D eigenvalue weighted by molar-refractivity contribution is 9.10. The van der Waals surface area contributed by atoms with Crippen LogP contribution < -0.4 is 0 Å². The third kappa shape index (κ3) is 3.79. The van der Waals surface area contributed by atoms with Gasteiger partial charge in [-0.05, 0) is 42.0 Å². The summed E-state index contributed by atoms with van der Waals surface area (Å²) in [6.45, 7) is 0. The minimum Gasteiger partial charge on any atom is -0.507 e. The molecule has 0 aliphatic rings. The standard InChI is InChI=1S/C16H11BrO4/c17-12-3-1-2-10(8-12)4-6-14(18)11-5-7-15(19)13(9-11)16(20)21/h1-9,19H,(H,20,21)/b6-4+. The number of phenols is 1. The number of benzene rings is 2. The molecule has 0 heterocycles. The Bertz CT molecular complexity index is 735. The van der Waals surface area contributed by atoms with Crippen LogP contribution in [0.2, 0.25) is 0 Å². The van der Waals surface area contributed by atoms with Gasteiger partial charge in [0.1, 0.15) is 11.3 Å². The summed E-state index contributed by atoms with van der Waals surface area (Å²) in [6, 6.07) is 11.1. The topological polar surface area (TPSA) is 74.6 Å². The Morgan fingerprint density at radius 3 is 2.52 bits per heavy atom. The number of rotatable bonds is 4. The van der Waals surface area contributed by atoms with Crippen molar-refractivity contribution >= 4 is 33.8 Å².